The second-order valence-corrected chi connectivity index (χ2v) is 16.4. The molecule has 0 aliphatic rings. The third-order valence-electron chi connectivity index (χ3n) is 11.9. The number of aryl methyl sites for hydroxylation is 9. The van der Waals surface area contributed by atoms with Crippen molar-refractivity contribution in [3.05, 3.63) is 176 Å². The lowest BCUT2D eigenvalue weighted by Crippen LogP contribution is -2.04. The quantitative estimate of drug-likeness (QED) is 0.167. The van der Waals surface area contributed by atoms with E-state index in [2.05, 4.69) is 208 Å². The Labute approximate surface area is 355 Å². The fourth-order valence-electron chi connectivity index (χ4n) is 7.92. The van der Waals surface area contributed by atoms with Gasteiger partial charge >= 0.3 is 0 Å². The lowest BCUT2D eigenvalue weighted by molar-refractivity contribution is 0.877. The van der Waals surface area contributed by atoms with Gasteiger partial charge in [0.1, 0.15) is 11.4 Å². The molecule has 0 bridgehead atoms. The van der Waals surface area contributed by atoms with E-state index in [0.29, 0.717) is 17.5 Å². The highest BCUT2D eigenvalue weighted by Gasteiger charge is 2.23. The van der Waals surface area contributed by atoms with Crippen LogP contribution >= 0.6 is 0 Å². The van der Waals surface area contributed by atoms with E-state index in [1.54, 1.807) is 0 Å². The minimum Gasteiger partial charge on any atom is -0.208 e. The molecule has 2 aromatic heterocycles. The van der Waals surface area contributed by atoms with Gasteiger partial charge in [-0.2, -0.15) is 0 Å². The van der Waals surface area contributed by atoms with Crippen LogP contribution in [0.1, 0.15) is 66.8 Å². The van der Waals surface area contributed by atoms with Crippen molar-refractivity contribution in [1.29, 1.82) is 0 Å². The predicted molar refractivity (Wildman–Crippen MR) is 249 cm³/mol. The highest BCUT2D eigenvalue weighted by atomic mass is 15.3. The summed E-state index contributed by atoms with van der Waals surface area (Å²) in [7, 11) is 0. The van der Waals surface area contributed by atoms with Crippen molar-refractivity contribution in [3.63, 3.8) is 0 Å². The summed E-state index contributed by atoms with van der Waals surface area (Å²) in [5.74, 6) is 2.15. The Morgan fingerprint density at radius 1 is 0.300 bits per heavy atom. The number of nitrogens with zero attached hydrogens (tertiary/aromatic N) is 6. The Morgan fingerprint density at radius 2 is 0.617 bits per heavy atom. The molecule has 2 heterocycles. The van der Waals surface area contributed by atoms with Gasteiger partial charge in [0, 0.05) is 33.4 Å². The minimum absolute atomic E-state index is 0.715. The van der Waals surface area contributed by atoms with Crippen molar-refractivity contribution < 1.29 is 0 Å². The third-order valence-corrected chi connectivity index (χ3v) is 11.9. The molecule has 8 aromatic rings. The first-order valence-electron chi connectivity index (χ1n) is 20.6. The number of benzene rings is 6. The first-order chi connectivity index (χ1) is 28.7. The van der Waals surface area contributed by atoms with Gasteiger partial charge in [0.25, 0.3) is 0 Å². The van der Waals surface area contributed by atoms with E-state index in [0.717, 1.165) is 50.3 Å². The Morgan fingerprint density at radius 3 is 0.950 bits per heavy atom. The third kappa shape index (κ3) is 8.42. The van der Waals surface area contributed by atoms with Gasteiger partial charge in [0.15, 0.2) is 17.5 Å². The Balaban J connectivity index is 0.000000181. The average Bonchev–Trinajstić information content (AvgIpc) is 3.21. The molecule has 0 N–H and O–H groups in total. The summed E-state index contributed by atoms with van der Waals surface area (Å²) >= 11 is 0. The topological polar surface area (TPSA) is 77.3 Å². The van der Waals surface area contributed by atoms with Crippen LogP contribution < -0.4 is 0 Å². The van der Waals surface area contributed by atoms with Gasteiger partial charge in [-0.1, -0.05) is 126 Å². The van der Waals surface area contributed by atoms with Gasteiger partial charge in [-0.3, -0.25) is 0 Å². The maximum absolute atomic E-state index is 4.91. The van der Waals surface area contributed by atoms with Crippen LogP contribution in [0.3, 0.4) is 0 Å². The summed E-state index contributed by atoms with van der Waals surface area (Å²) in [6.07, 6.45) is 0. The van der Waals surface area contributed by atoms with E-state index in [4.69, 9.17) is 15.0 Å². The molecule has 6 aromatic carbocycles. The van der Waals surface area contributed by atoms with Crippen LogP contribution in [0.15, 0.2) is 109 Å². The zero-order valence-electron chi connectivity index (χ0n) is 37.1. The summed E-state index contributed by atoms with van der Waals surface area (Å²) in [6.45, 7) is 25.5. The van der Waals surface area contributed by atoms with Crippen molar-refractivity contribution >= 4 is 0 Å². The first-order valence-corrected chi connectivity index (χ1v) is 20.6. The molecule has 60 heavy (non-hydrogen) atoms. The van der Waals surface area contributed by atoms with Crippen molar-refractivity contribution in [2.75, 3.05) is 0 Å². The maximum atomic E-state index is 4.91. The molecule has 0 saturated heterocycles. The predicted octanol–water partition coefficient (Wildman–Crippen LogP) is 13.4. The number of rotatable bonds is 6. The number of aromatic nitrogens is 6. The lowest BCUT2D eigenvalue weighted by atomic mass is 9.88. The molecule has 0 aliphatic heterocycles. The molecule has 6 heteroatoms. The van der Waals surface area contributed by atoms with Crippen LogP contribution in [0.25, 0.3) is 67.8 Å². The fourth-order valence-corrected chi connectivity index (χ4v) is 7.92. The molecule has 0 atom stereocenters. The molecule has 300 valence electrons. The normalized spacial score (nSPS) is 11.0. The summed E-state index contributed by atoms with van der Waals surface area (Å²) in [4.78, 5) is 14.7. The minimum atomic E-state index is 0.715. The van der Waals surface area contributed by atoms with Gasteiger partial charge < -0.3 is 0 Å². The van der Waals surface area contributed by atoms with Crippen molar-refractivity contribution in [3.8, 4) is 67.8 Å². The Kier molecular flexibility index (Phi) is 12.0. The van der Waals surface area contributed by atoms with Gasteiger partial charge in [-0.05, 0) is 144 Å². The summed E-state index contributed by atoms with van der Waals surface area (Å²) < 4.78 is 0. The molecule has 0 amide bonds. The van der Waals surface area contributed by atoms with E-state index in [-0.39, 0.29) is 0 Å². The van der Waals surface area contributed by atoms with Gasteiger partial charge in [-0.15, -0.1) is 10.2 Å². The standard InChI is InChI=1S/2C27H27N3/c1-16-7-10-22(19(4)13-16)25-28-26(23-11-8-17(2)14-20(23)5)30-27(29-25)24-12-9-18(3)15-21(24)6;1-16-10-7-13-22(19(16)4)25-26(23-14-8-11-17(2)20(23)5)28-30-29-27(25)24-15-9-12-18(3)21(24)6/h2*7-15H,1-6H3. The van der Waals surface area contributed by atoms with Crippen molar-refractivity contribution in [2.24, 2.45) is 0 Å². The van der Waals surface area contributed by atoms with E-state index >= 15 is 0 Å². The van der Waals surface area contributed by atoms with E-state index in [1.165, 1.54) is 66.8 Å². The summed E-state index contributed by atoms with van der Waals surface area (Å²) in [6, 6.07) is 38.3. The number of hydrogen-bond acceptors (Lipinski definition) is 6. The molecule has 0 radical (unpaired) electrons. The molecular weight excluding hydrogens is 733 g/mol. The van der Waals surface area contributed by atoms with E-state index in [1.807, 2.05) is 0 Å². The van der Waals surface area contributed by atoms with Gasteiger partial charge in [0.05, 0.1) is 0 Å². The molecular formula is C54H54N6. The SMILES string of the molecule is Cc1ccc(-c2nc(-c3ccc(C)cc3C)nc(-c3ccc(C)cc3C)n2)c(C)c1.Cc1cccc(-c2nnnc(-c3cccc(C)c3C)c2-c2cccc(C)c2C)c1C. The Hall–Kier alpha value is -6.66. The molecule has 0 unspecified atom stereocenters. The van der Waals surface area contributed by atoms with Crippen molar-refractivity contribution in [1.82, 2.24) is 30.4 Å². The highest BCUT2D eigenvalue weighted by Crippen LogP contribution is 2.41. The molecule has 6 nitrogen and oxygen atoms in total. The summed E-state index contributed by atoms with van der Waals surface area (Å²) in [5.41, 5.74) is 23.9. The molecule has 8 rings (SSSR count). The molecule has 0 aliphatic carbocycles. The first kappa shape index (κ1) is 41.5. The largest absolute Gasteiger partial charge is 0.208 e. The van der Waals surface area contributed by atoms with Crippen LogP contribution in [-0.2, 0) is 0 Å². The van der Waals surface area contributed by atoms with Crippen LogP contribution in [0.2, 0.25) is 0 Å². The van der Waals surface area contributed by atoms with Crippen LogP contribution in [-0.4, -0.2) is 30.4 Å². The Bertz CT molecular complexity index is 2670. The second kappa shape index (κ2) is 17.3. The van der Waals surface area contributed by atoms with Gasteiger partial charge in [-0.25, -0.2) is 15.0 Å². The monoisotopic (exact) mass is 786 g/mol. The smallest absolute Gasteiger partial charge is 0.164 e. The zero-order chi connectivity index (χ0) is 42.8. The zero-order valence-corrected chi connectivity index (χ0v) is 37.1. The lowest BCUT2D eigenvalue weighted by Gasteiger charge is -2.18. The van der Waals surface area contributed by atoms with Crippen LogP contribution in [0.4, 0.5) is 0 Å². The van der Waals surface area contributed by atoms with Crippen LogP contribution in [0.5, 0.6) is 0 Å². The van der Waals surface area contributed by atoms with E-state index < -0.39 is 0 Å². The fraction of sp³-hybridized carbons (Fsp3) is 0.222. The molecule has 0 fully saturated rings. The van der Waals surface area contributed by atoms with Gasteiger partial charge in [0.2, 0.25) is 0 Å². The average molecular weight is 787 g/mol. The molecule has 0 spiro atoms. The van der Waals surface area contributed by atoms with Crippen LogP contribution in [0, 0.1) is 83.1 Å². The van der Waals surface area contributed by atoms with Crippen molar-refractivity contribution in [2.45, 2.75) is 83.1 Å². The molecule has 0 saturated carbocycles. The highest BCUT2D eigenvalue weighted by molar-refractivity contribution is 5.93. The number of hydrogen-bond donors (Lipinski definition) is 0. The second-order valence-electron chi connectivity index (χ2n) is 16.4. The summed E-state index contributed by atoms with van der Waals surface area (Å²) in [5, 5.41) is 13.4. The van der Waals surface area contributed by atoms with E-state index in [9.17, 15) is 0 Å². The maximum Gasteiger partial charge on any atom is 0.164 e.